The molecule has 2 fully saturated rings. The van der Waals surface area contributed by atoms with Gasteiger partial charge in [-0.15, -0.1) is 0 Å². The van der Waals surface area contributed by atoms with Crippen molar-refractivity contribution >= 4 is 29.1 Å². The van der Waals surface area contributed by atoms with Gasteiger partial charge in [-0.25, -0.2) is 0 Å². The second-order valence-electron chi connectivity index (χ2n) is 9.86. The van der Waals surface area contributed by atoms with Crippen molar-refractivity contribution in [2.75, 3.05) is 12.3 Å². The van der Waals surface area contributed by atoms with E-state index < -0.39 is 24.0 Å². The van der Waals surface area contributed by atoms with Gasteiger partial charge in [-0.2, -0.15) is 0 Å². The monoisotopic (exact) mass is 476 g/mol. The maximum atomic E-state index is 13.5. The van der Waals surface area contributed by atoms with Crippen LogP contribution in [0, 0.1) is 5.92 Å². The van der Waals surface area contributed by atoms with Crippen LogP contribution in [0.25, 0.3) is 11.1 Å². The van der Waals surface area contributed by atoms with Crippen LogP contribution in [0.1, 0.15) is 44.0 Å². The first-order valence-electron chi connectivity index (χ1n) is 12.0. The van der Waals surface area contributed by atoms with Crippen LogP contribution in [-0.4, -0.2) is 59.0 Å². The van der Waals surface area contributed by atoms with E-state index in [-0.39, 0.29) is 36.0 Å². The third-order valence-electron chi connectivity index (χ3n) is 6.79. The van der Waals surface area contributed by atoms with Crippen molar-refractivity contribution in [3.63, 3.8) is 0 Å². The summed E-state index contributed by atoms with van der Waals surface area (Å²) in [5, 5.41) is 5.90. The van der Waals surface area contributed by atoms with Crippen LogP contribution >= 0.6 is 0 Å². The molecule has 8 nitrogen and oxygen atoms in total. The van der Waals surface area contributed by atoms with E-state index in [0.717, 1.165) is 0 Å². The molecule has 4 atom stereocenters. The van der Waals surface area contributed by atoms with Crippen molar-refractivity contribution in [3.8, 4) is 11.1 Å². The predicted molar refractivity (Wildman–Crippen MR) is 134 cm³/mol. The second-order valence-corrected chi connectivity index (χ2v) is 9.86. The molecule has 2 amide bonds. The third kappa shape index (κ3) is 5.12. The number of Topliss-reactive ketones (excluding diaryl/α,β-unsaturated/α-hetero) is 2. The summed E-state index contributed by atoms with van der Waals surface area (Å²) in [4.78, 5) is 52.2. The normalized spacial score (nSPS) is 22.2. The molecular formula is C27H32N4O4. The molecule has 0 bridgehead atoms. The van der Waals surface area contributed by atoms with E-state index in [2.05, 4.69) is 34.9 Å². The molecule has 2 aliphatic carbocycles. The van der Waals surface area contributed by atoms with Gasteiger partial charge >= 0.3 is 0 Å². The van der Waals surface area contributed by atoms with E-state index in [0.29, 0.717) is 24.1 Å². The first-order chi connectivity index (χ1) is 16.7. The zero-order valence-electron chi connectivity index (χ0n) is 20.3. The molecular weight excluding hydrogens is 444 g/mol. The highest BCUT2D eigenvalue weighted by molar-refractivity contribution is 6.01. The van der Waals surface area contributed by atoms with Gasteiger partial charge in [0.2, 0.25) is 5.91 Å². The number of nitrogens with one attached hydrogen (secondary N) is 2. The zero-order chi connectivity index (χ0) is 25.3. The Morgan fingerprint density at radius 1 is 1.06 bits per heavy atom. The molecule has 0 spiro atoms. The van der Waals surface area contributed by atoms with Crippen molar-refractivity contribution < 1.29 is 19.2 Å². The number of carbonyl (C=O) groups is 4. The molecule has 1 aromatic rings. The molecule has 1 aromatic carbocycles. The van der Waals surface area contributed by atoms with E-state index in [1.54, 1.807) is 24.3 Å². The lowest BCUT2D eigenvalue weighted by atomic mass is 9.95. The first-order valence-corrected chi connectivity index (χ1v) is 12.0. The van der Waals surface area contributed by atoms with Gasteiger partial charge in [0, 0.05) is 17.3 Å². The molecule has 8 heteroatoms. The Bertz CT molecular complexity index is 1110. The quantitative estimate of drug-likeness (QED) is 0.469. The number of rotatable bonds is 6. The molecule has 35 heavy (non-hydrogen) atoms. The van der Waals surface area contributed by atoms with Crippen LogP contribution in [0.4, 0.5) is 5.69 Å². The minimum Gasteiger partial charge on any atom is -0.399 e. The van der Waals surface area contributed by atoms with Gasteiger partial charge in [0.05, 0.1) is 12.6 Å². The van der Waals surface area contributed by atoms with E-state index in [4.69, 9.17) is 5.73 Å². The van der Waals surface area contributed by atoms with Gasteiger partial charge in [-0.3, -0.25) is 19.2 Å². The summed E-state index contributed by atoms with van der Waals surface area (Å²) in [5.41, 5.74) is 9.45. The number of fused-ring (bicyclic) bond motifs is 2. The van der Waals surface area contributed by atoms with Crippen LogP contribution < -0.4 is 16.4 Å². The fourth-order valence-corrected chi connectivity index (χ4v) is 4.85. The summed E-state index contributed by atoms with van der Waals surface area (Å²) in [6, 6.07) is 12.6. The minimum atomic E-state index is -0.825. The fraction of sp³-hybridized carbons (Fsp3) is 0.407. The highest BCUT2D eigenvalue weighted by atomic mass is 16.2. The summed E-state index contributed by atoms with van der Waals surface area (Å²) < 4.78 is 0. The highest BCUT2D eigenvalue weighted by Crippen LogP contribution is 2.31. The number of nitrogens with two attached hydrogens (primary N) is 1. The van der Waals surface area contributed by atoms with Crippen LogP contribution in [0.3, 0.4) is 0 Å². The van der Waals surface area contributed by atoms with Crippen LogP contribution in [-0.2, 0) is 14.4 Å². The number of hydrogen-bond donors (Lipinski definition) is 3. The van der Waals surface area contributed by atoms with Gasteiger partial charge < -0.3 is 21.3 Å². The average molecular weight is 477 g/mol. The number of benzene rings is 2. The molecule has 5 rings (SSSR count). The fourth-order valence-electron chi connectivity index (χ4n) is 4.85. The maximum Gasteiger partial charge on any atom is 0.251 e. The Kier molecular flexibility index (Phi) is 7.03. The number of amides is 2. The zero-order valence-corrected chi connectivity index (χ0v) is 20.3. The Labute approximate surface area is 205 Å². The van der Waals surface area contributed by atoms with Gasteiger partial charge in [-0.05, 0) is 61.1 Å². The van der Waals surface area contributed by atoms with Gasteiger partial charge in [-0.1, -0.05) is 38.1 Å². The predicted octanol–water partition coefficient (Wildman–Crippen LogP) is 2.18. The van der Waals surface area contributed by atoms with Crippen molar-refractivity contribution in [2.45, 2.75) is 57.8 Å². The second kappa shape index (κ2) is 10.00. The number of likely N-dealkylation sites (tertiary alicyclic amines) is 1. The van der Waals surface area contributed by atoms with Crippen LogP contribution in [0.5, 0.6) is 0 Å². The van der Waals surface area contributed by atoms with Gasteiger partial charge in [0.25, 0.3) is 5.91 Å². The average Bonchev–Trinajstić information content (AvgIpc) is 3.35. The highest BCUT2D eigenvalue weighted by Gasteiger charge is 2.52. The molecule has 0 aromatic heterocycles. The summed E-state index contributed by atoms with van der Waals surface area (Å²) in [6.07, 6.45) is 0.817. The first kappa shape index (κ1) is 24.6. The number of hydrogen-bond acceptors (Lipinski definition) is 6. The molecule has 2 aliphatic heterocycles. The van der Waals surface area contributed by atoms with E-state index in [1.165, 1.54) is 23.0 Å². The van der Waals surface area contributed by atoms with Crippen molar-refractivity contribution in [1.29, 1.82) is 0 Å². The van der Waals surface area contributed by atoms with Crippen molar-refractivity contribution in [3.05, 3.63) is 54.1 Å². The summed E-state index contributed by atoms with van der Waals surface area (Å²) in [7, 11) is 0. The molecule has 4 unspecified atom stereocenters. The number of nitrogens with zero attached hydrogens (tertiary/aromatic N) is 1. The molecule has 2 saturated heterocycles. The van der Waals surface area contributed by atoms with Crippen molar-refractivity contribution in [1.82, 2.24) is 15.5 Å². The largest absolute Gasteiger partial charge is 0.399 e. The Balaban J connectivity index is 0.000000411. The lowest BCUT2D eigenvalue weighted by Gasteiger charge is -2.32. The summed E-state index contributed by atoms with van der Waals surface area (Å²) in [6.45, 7) is 5.53. The lowest BCUT2D eigenvalue weighted by molar-refractivity contribution is -0.143. The molecule has 4 aliphatic rings. The topological polar surface area (TPSA) is 122 Å². The standard InChI is InChI=1S/C21H28N4O4.C6H4/c1-11(2)8-16(24-20(28)13-4-6-14(22)7-5-13)21(29)25-17(12(3)26)9-15-19(25)18(27)10-23-15;1-2-6-4-3-5(1)6/h4-7,11,15-17,19,23H,8-10,22H2,1-3H3,(H,24,28);1-4H. The number of anilines is 1. The molecule has 184 valence electrons. The van der Waals surface area contributed by atoms with E-state index in [9.17, 15) is 19.2 Å². The maximum absolute atomic E-state index is 13.5. The summed E-state index contributed by atoms with van der Waals surface area (Å²) >= 11 is 0. The Morgan fingerprint density at radius 2 is 1.66 bits per heavy atom. The Hall–Kier alpha value is -3.52. The van der Waals surface area contributed by atoms with Gasteiger partial charge in [0.1, 0.15) is 12.1 Å². The molecule has 4 N–H and O–H groups in total. The van der Waals surface area contributed by atoms with Crippen LogP contribution in [0.2, 0.25) is 0 Å². The van der Waals surface area contributed by atoms with Gasteiger partial charge in [0.15, 0.2) is 11.6 Å². The molecule has 0 radical (unpaired) electrons. The SMILES string of the molecule is CC(=O)C1CC2NCC(=O)C2N1C(=O)C(CC(C)C)NC(=O)c1ccc(N)cc1.c1cc2ccc1-2. The lowest BCUT2D eigenvalue weighted by Crippen LogP contribution is -2.56. The smallest absolute Gasteiger partial charge is 0.251 e. The third-order valence-corrected chi connectivity index (χ3v) is 6.79. The number of nitrogen functional groups attached to an aromatic ring is 1. The van der Waals surface area contributed by atoms with Crippen LogP contribution in [0.15, 0.2) is 48.5 Å². The number of ketones is 2. The van der Waals surface area contributed by atoms with E-state index >= 15 is 0 Å². The van der Waals surface area contributed by atoms with Crippen molar-refractivity contribution in [2.24, 2.45) is 5.92 Å². The van der Waals surface area contributed by atoms with E-state index in [1.807, 2.05) is 13.8 Å². The Morgan fingerprint density at radius 3 is 2.14 bits per heavy atom. The molecule has 2 heterocycles. The number of carbonyl (C=O) groups excluding carboxylic acids is 4. The summed E-state index contributed by atoms with van der Waals surface area (Å²) in [5.74, 6) is -0.903. The minimum absolute atomic E-state index is 0.0970. The molecule has 0 saturated carbocycles.